The number of amides is 2. The maximum absolute atomic E-state index is 12.8. The second-order valence-electron chi connectivity index (χ2n) is 8.33. The van der Waals surface area contributed by atoms with Crippen LogP contribution in [0.1, 0.15) is 40.5 Å². The number of carboxylic acid groups (broad SMARTS) is 1. The SMILES string of the molecule is CC[C@@H](C)[C@H](NC(=O)[C@H](CC(C)C)NC(=O)Cn1c(=O)[nH]c2ccccc2c1=O)C(=O)O. The van der Waals surface area contributed by atoms with Crippen molar-refractivity contribution in [2.24, 2.45) is 11.8 Å². The molecule has 0 aliphatic carbocycles. The number of hydrogen-bond acceptors (Lipinski definition) is 5. The Morgan fingerprint density at radius 3 is 2.34 bits per heavy atom. The number of carboxylic acids is 1. The highest BCUT2D eigenvalue weighted by molar-refractivity contribution is 5.90. The first kappa shape index (κ1) is 24.8. The van der Waals surface area contributed by atoms with Crippen LogP contribution in [0, 0.1) is 11.8 Å². The molecule has 1 heterocycles. The zero-order chi connectivity index (χ0) is 24.0. The summed E-state index contributed by atoms with van der Waals surface area (Å²) in [6, 6.07) is 4.34. The highest BCUT2D eigenvalue weighted by Gasteiger charge is 2.30. The lowest BCUT2D eigenvalue weighted by Gasteiger charge is -2.25. The number of benzene rings is 1. The molecule has 0 aliphatic heterocycles. The van der Waals surface area contributed by atoms with E-state index in [2.05, 4.69) is 15.6 Å². The second-order valence-corrected chi connectivity index (χ2v) is 8.33. The van der Waals surface area contributed by atoms with Crippen molar-refractivity contribution in [2.45, 2.75) is 59.2 Å². The van der Waals surface area contributed by atoms with Crippen molar-refractivity contribution in [1.29, 1.82) is 0 Å². The largest absolute Gasteiger partial charge is 0.480 e. The van der Waals surface area contributed by atoms with E-state index in [1.54, 1.807) is 25.1 Å². The molecule has 0 aliphatic rings. The Kier molecular flexibility index (Phi) is 8.34. The fourth-order valence-corrected chi connectivity index (χ4v) is 3.37. The number of H-pyrrole nitrogens is 1. The monoisotopic (exact) mass is 446 g/mol. The van der Waals surface area contributed by atoms with Gasteiger partial charge in [0.25, 0.3) is 5.56 Å². The van der Waals surface area contributed by atoms with Crippen LogP contribution in [-0.2, 0) is 20.9 Å². The molecule has 0 unspecified atom stereocenters. The predicted molar refractivity (Wildman–Crippen MR) is 119 cm³/mol. The molecule has 0 fully saturated rings. The first-order valence-corrected chi connectivity index (χ1v) is 10.6. The summed E-state index contributed by atoms with van der Waals surface area (Å²) < 4.78 is 0.765. The number of aromatic amines is 1. The van der Waals surface area contributed by atoms with Crippen molar-refractivity contribution in [3.05, 3.63) is 45.1 Å². The van der Waals surface area contributed by atoms with Crippen LogP contribution in [0.15, 0.2) is 33.9 Å². The van der Waals surface area contributed by atoms with E-state index in [4.69, 9.17) is 0 Å². The van der Waals surface area contributed by atoms with Gasteiger partial charge in [0.1, 0.15) is 18.6 Å². The third-order valence-electron chi connectivity index (χ3n) is 5.33. The number of nitrogens with one attached hydrogen (secondary N) is 3. The molecule has 0 spiro atoms. The Bertz CT molecular complexity index is 1100. The molecule has 32 heavy (non-hydrogen) atoms. The average Bonchev–Trinajstić information content (AvgIpc) is 2.73. The van der Waals surface area contributed by atoms with E-state index in [0.29, 0.717) is 11.9 Å². The number of para-hydroxylation sites is 1. The molecule has 174 valence electrons. The molecule has 2 rings (SSSR count). The van der Waals surface area contributed by atoms with Crippen LogP contribution in [0.3, 0.4) is 0 Å². The first-order chi connectivity index (χ1) is 15.0. The van der Waals surface area contributed by atoms with E-state index in [1.807, 2.05) is 20.8 Å². The van der Waals surface area contributed by atoms with Gasteiger partial charge in [0.15, 0.2) is 0 Å². The number of aliphatic carboxylic acids is 1. The molecule has 2 aromatic rings. The molecule has 0 bridgehead atoms. The summed E-state index contributed by atoms with van der Waals surface area (Å²) in [4.78, 5) is 64.5. The molecule has 1 aromatic carbocycles. The lowest BCUT2D eigenvalue weighted by Crippen LogP contribution is -2.54. The minimum absolute atomic E-state index is 0.0183. The van der Waals surface area contributed by atoms with Crippen molar-refractivity contribution < 1.29 is 19.5 Å². The van der Waals surface area contributed by atoms with E-state index < -0.39 is 47.7 Å². The van der Waals surface area contributed by atoms with Gasteiger partial charge >= 0.3 is 11.7 Å². The van der Waals surface area contributed by atoms with E-state index in [0.717, 1.165) is 4.57 Å². The first-order valence-electron chi connectivity index (χ1n) is 10.6. The lowest BCUT2D eigenvalue weighted by atomic mass is 9.97. The van der Waals surface area contributed by atoms with Gasteiger partial charge in [0, 0.05) is 0 Å². The highest BCUT2D eigenvalue weighted by Crippen LogP contribution is 2.11. The standard InChI is InChI=1S/C22H30N4O6/c1-5-13(4)18(21(30)31)25-19(28)16(10-12(2)3)23-17(27)11-26-20(29)14-8-6-7-9-15(14)24-22(26)32/h6-9,12-13,16,18H,5,10-11H2,1-4H3,(H,23,27)(H,24,32)(H,25,28)(H,30,31)/t13-,16+,18+/m1/s1. The molecule has 1 aromatic heterocycles. The Hall–Kier alpha value is -3.43. The summed E-state index contributed by atoms with van der Waals surface area (Å²) in [7, 11) is 0. The number of rotatable bonds is 10. The Labute approximate surface area is 185 Å². The van der Waals surface area contributed by atoms with E-state index in [-0.39, 0.29) is 23.6 Å². The maximum atomic E-state index is 12.8. The van der Waals surface area contributed by atoms with Gasteiger partial charge in [-0.1, -0.05) is 46.2 Å². The predicted octanol–water partition coefficient (Wildman–Crippen LogP) is 0.836. The molecule has 0 saturated carbocycles. The molecule has 0 saturated heterocycles. The maximum Gasteiger partial charge on any atom is 0.329 e. The van der Waals surface area contributed by atoms with Crippen molar-refractivity contribution in [3.63, 3.8) is 0 Å². The van der Waals surface area contributed by atoms with Gasteiger partial charge < -0.3 is 20.7 Å². The average molecular weight is 447 g/mol. The van der Waals surface area contributed by atoms with E-state index >= 15 is 0 Å². The van der Waals surface area contributed by atoms with Gasteiger partial charge in [0.05, 0.1) is 10.9 Å². The van der Waals surface area contributed by atoms with Crippen molar-refractivity contribution in [3.8, 4) is 0 Å². The number of carbonyl (C=O) groups is 3. The normalized spacial score (nSPS) is 14.0. The van der Waals surface area contributed by atoms with Gasteiger partial charge in [0.2, 0.25) is 11.8 Å². The van der Waals surface area contributed by atoms with E-state index in [9.17, 15) is 29.1 Å². The summed E-state index contributed by atoms with van der Waals surface area (Å²) in [6.07, 6.45) is 0.805. The smallest absolute Gasteiger partial charge is 0.329 e. The fraction of sp³-hybridized carbons (Fsp3) is 0.500. The van der Waals surface area contributed by atoms with Gasteiger partial charge in [-0.2, -0.15) is 0 Å². The van der Waals surface area contributed by atoms with Crippen LogP contribution in [0.5, 0.6) is 0 Å². The molecule has 4 N–H and O–H groups in total. The number of aromatic nitrogens is 2. The van der Waals surface area contributed by atoms with Crippen LogP contribution in [-0.4, -0.2) is 44.5 Å². The summed E-state index contributed by atoms with van der Waals surface area (Å²) in [6.45, 7) is 6.67. The summed E-state index contributed by atoms with van der Waals surface area (Å²) >= 11 is 0. The third kappa shape index (κ3) is 6.05. The third-order valence-corrected chi connectivity index (χ3v) is 5.33. The number of hydrogen-bond donors (Lipinski definition) is 4. The van der Waals surface area contributed by atoms with Crippen molar-refractivity contribution in [1.82, 2.24) is 20.2 Å². The molecular weight excluding hydrogens is 416 g/mol. The molecule has 10 heteroatoms. The molecule has 3 atom stereocenters. The number of fused-ring (bicyclic) bond motifs is 1. The number of nitrogens with zero attached hydrogens (tertiary/aromatic N) is 1. The van der Waals surface area contributed by atoms with Crippen LogP contribution < -0.4 is 21.9 Å². The Morgan fingerprint density at radius 1 is 1.09 bits per heavy atom. The summed E-state index contributed by atoms with van der Waals surface area (Å²) in [5, 5.41) is 14.7. The van der Waals surface area contributed by atoms with Crippen molar-refractivity contribution >= 4 is 28.7 Å². The summed E-state index contributed by atoms with van der Waals surface area (Å²) in [5.41, 5.74) is -0.996. The quantitative estimate of drug-likeness (QED) is 0.425. The molecular formula is C22H30N4O6. The van der Waals surface area contributed by atoms with Gasteiger partial charge in [-0.3, -0.25) is 19.0 Å². The highest BCUT2D eigenvalue weighted by atomic mass is 16.4. The van der Waals surface area contributed by atoms with Gasteiger partial charge in [-0.25, -0.2) is 9.59 Å². The zero-order valence-corrected chi connectivity index (χ0v) is 18.7. The van der Waals surface area contributed by atoms with Crippen molar-refractivity contribution in [2.75, 3.05) is 0 Å². The topological polar surface area (TPSA) is 150 Å². The van der Waals surface area contributed by atoms with Gasteiger partial charge in [-0.15, -0.1) is 0 Å². The fourth-order valence-electron chi connectivity index (χ4n) is 3.37. The number of carbonyl (C=O) groups excluding carboxylic acids is 2. The zero-order valence-electron chi connectivity index (χ0n) is 18.7. The Balaban J connectivity index is 2.22. The second kappa shape index (κ2) is 10.7. The minimum atomic E-state index is -1.16. The Morgan fingerprint density at radius 2 is 1.75 bits per heavy atom. The van der Waals surface area contributed by atoms with Crippen LogP contribution in [0.25, 0.3) is 10.9 Å². The molecule has 10 nitrogen and oxygen atoms in total. The van der Waals surface area contributed by atoms with E-state index in [1.165, 1.54) is 6.07 Å². The summed E-state index contributed by atoms with van der Waals surface area (Å²) in [5.74, 6) is -2.77. The van der Waals surface area contributed by atoms with Crippen LogP contribution in [0.2, 0.25) is 0 Å². The lowest BCUT2D eigenvalue weighted by molar-refractivity contribution is -0.143. The van der Waals surface area contributed by atoms with Gasteiger partial charge in [-0.05, 0) is 30.4 Å². The van der Waals surface area contributed by atoms with Crippen LogP contribution in [0.4, 0.5) is 0 Å². The van der Waals surface area contributed by atoms with Crippen LogP contribution >= 0.6 is 0 Å². The molecule has 2 amide bonds. The molecule has 0 radical (unpaired) electrons. The minimum Gasteiger partial charge on any atom is -0.480 e.